The van der Waals surface area contributed by atoms with Crippen molar-refractivity contribution in [1.82, 2.24) is 0 Å². The van der Waals surface area contributed by atoms with Gasteiger partial charge in [-0.25, -0.2) is 4.79 Å². The minimum Gasteiger partial charge on any atom is -0.488 e. The van der Waals surface area contributed by atoms with Gasteiger partial charge in [-0.2, -0.15) is 0 Å². The minimum absolute atomic E-state index is 0.121. The number of carboxylic acids is 1. The summed E-state index contributed by atoms with van der Waals surface area (Å²) in [6, 6.07) is 0. The molecular weight excluding hydrogens is 232 g/mol. The molecule has 0 unspecified atom stereocenters. The summed E-state index contributed by atoms with van der Waals surface area (Å²) in [6.45, 7) is 7.67. The Labute approximate surface area is 108 Å². The van der Waals surface area contributed by atoms with Crippen molar-refractivity contribution >= 4 is 11.8 Å². The second-order valence-corrected chi connectivity index (χ2v) is 4.64. The molecule has 0 radical (unpaired) electrons. The van der Waals surface area contributed by atoms with E-state index in [4.69, 9.17) is 9.84 Å². The first-order valence-electron chi connectivity index (χ1n) is 5.71. The summed E-state index contributed by atoms with van der Waals surface area (Å²) in [7, 11) is 0. The molecule has 0 aromatic rings. The van der Waals surface area contributed by atoms with Gasteiger partial charge < -0.3 is 9.84 Å². The van der Waals surface area contributed by atoms with Crippen molar-refractivity contribution in [1.29, 1.82) is 0 Å². The molecule has 0 amide bonds. The Bertz CT molecular complexity index is 381. The fourth-order valence-corrected chi connectivity index (χ4v) is 1.07. The van der Waals surface area contributed by atoms with Crippen LogP contribution in [-0.4, -0.2) is 22.5 Å². The number of carbonyl (C=O) groups is 2. The molecule has 4 heteroatoms. The van der Waals surface area contributed by atoms with Crippen LogP contribution in [0.5, 0.6) is 0 Å². The molecule has 0 fully saturated rings. The Morgan fingerprint density at radius 2 is 1.89 bits per heavy atom. The molecular formula is C14H20O4. The maximum Gasteiger partial charge on any atom is 0.372 e. The SMILES string of the molecule is C\C=C/C(=C\C=C\CC(=O)C(=O)O)OC(C)(C)C. The number of Topliss-reactive ketones (excluding diaryl/α,β-unsaturated/α-hetero) is 1. The van der Waals surface area contributed by atoms with E-state index >= 15 is 0 Å². The number of hydrogen-bond acceptors (Lipinski definition) is 3. The lowest BCUT2D eigenvalue weighted by molar-refractivity contribution is -0.148. The van der Waals surface area contributed by atoms with Crippen molar-refractivity contribution in [2.24, 2.45) is 0 Å². The van der Waals surface area contributed by atoms with E-state index in [1.165, 1.54) is 6.08 Å². The van der Waals surface area contributed by atoms with Crippen LogP contribution in [0.4, 0.5) is 0 Å². The first-order chi connectivity index (χ1) is 8.26. The van der Waals surface area contributed by atoms with Crippen LogP contribution in [-0.2, 0) is 14.3 Å². The molecule has 0 saturated heterocycles. The van der Waals surface area contributed by atoms with Crippen LogP contribution in [0.3, 0.4) is 0 Å². The van der Waals surface area contributed by atoms with E-state index in [0.717, 1.165) is 0 Å². The van der Waals surface area contributed by atoms with E-state index in [-0.39, 0.29) is 12.0 Å². The third-order valence-corrected chi connectivity index (χ3v) is 1.69. The second kappa shape index (κ2) is 7.48. The monoisotopic (exact) mass is 252 g/mol. The van der Waals surface area contributed by atoms with Crippen molar-refractivity contribution in [2.75, 3.05) is 0 Å². The van der Waals surface area contributed by atoms with Crippen LogP contribution >= 0.6 is 0 Å². The Balaban J connectivity index is 4.54. The molecule has 0 spiro atoms. The lowest BCUT2D eigenvalue weighted by Crippen LogP contribution is -2.18. The summed E-state index contributed by atoms with van der Waals surface area (Å²) in [5.74, 6) is -1.59. The van der Waals surface area contributed by atoms with Gasteiger partial charge in [0.2, 0.25) is 5.78 Å². The Kier molecular flexibility index (Phi) is 6.71. The Morgan fingerprint density at radius 3 is 2.33 bits per heavy atom. The second-order valence-electron chi connectivity index (χ2n) is 4.64. The minimum atomic E-state index is -1.41. The molecule has 0 atom stereocenters. The fourth-order valence-electron chi connectivity index (χ4n) is 1.07. The highest BCUT2D eigenvalue weighted by molar-refractivity contribution is 6.33. The fraction of sp³-hybridized carbons (Fsp3) is 0.429. The molecule has 0 aliphatic heterocycles. The summed E-state index contributed by atoms with van der Waals surface area (Å²) >= 11 is 0. The predicted octanol–water partition coefficient (Wildman–Crippen LogP) is 2.86. The molecule has 0 saturated carbocycles. The highest BCUT2D eigenvalue weighted by Gasteiger charge is 2.11. The van der Waals surface area contributed by atoms with Gasteiger partial charge in [0, 0.05) is 6.42 Å². The molecule has 100 valence electrons. The molecule has 0 heterocycles. The number of aliphatic carboxylic acids is 1. The predicted molar refractivity (Wildman–Crippen MR) is 70.1 cm³/mol. The zero-order chi connectivity index (χ0) is 14.2. The maximum atomic E-state index is 10.8. The van der Waals surface area contributed by atoms with E-state index in [2.05, 4.69) is 0 Å². The first kappa shape index (κ1) is 16.2. The molecule has 0 aromatic carbocycles. The third kappa shape index (κ3) is 8.33. The Morgan fingerprint density at radius 1 is 1.28 bits per heavy atom. The van der Waals surface area contributed by atoms with Crippen molar-refractivity contribution in [3.8, 4) is 0 Å². The highest BCUT2D eigenvalue weighted by Crippen LogP contribution is 2.14. The zero-order valence-corrected chi connectivity index (χ0v) is 11.3. The largest absolute Gasteiger partial charge is 0.488 e. The van der Waals surface area contributed by atoms with Crippen molar-refractivity contribution in [2.45, 2.75) is 39.7 Å². The van der Waals surface area contributed by atoms with Crippen LogP contribution in [0, 0.1) is 0 Å². The molecule has 0 rings (SSSR count). The number of allylic oxidation sites excluding steroid dienone is 5. The molecule has 18 heavy (non-hydrogen) atoms. The van der Waals surface area contributed by atoms with Crippen molar-refractivity contribution in [3.63, 3.8) is 0 Å². The number of ether oxygens (including phenoxy) is 1. The van der Waals surface area contributed by atoms with E-state index in [0.29, 0.717) is 5.76 Å². The summed E-state index contributed by atoms with van der Waals surface area (Å²) in [5, 5.41) is 8.39. The number of hydrogen-bond donors (Lipinski definition) is 1. The van der Waals surface area contributed by atoms with Crippen molar-refractivity contribution in [3.05, 3.63) is 36.1 Å². The molecule has 0 bridgehead atoms. The zero-order valence-electron chi connectivity index (χ0n) is 11.3. The topological polar surface area (TPSA) is 63.6 Å². The average Bonchev–Trinajstić information content (AvgIpc) is 2.21. The molecule has 0 aliphatic rings. The maximum absolute atomic E-state index is 10.8. The molecule has 4 nitrogen and oxygen atoms in total. The van der Waals surface area contributed by atoms with E-state index < -0.39 is 11.8 Å². The average molecular weight is 252 g/mol. The first-order valence-corrected chi connectivity index (χ1v) is 5.71. The molecule has 0 aromatic heterocycles. The van der Waals surface area contributed by atoms with Gasteiger partial charge >= 0.3 is 5.97 Å². The summed E-state index contributed by atoms with van der Waals surface area (Å²) in [5.41, 5.74) is -0.309. The van der Waals surface area contributed by atoms with Crippen LogP contribution in [0.25, 0.3) is 0 Å². The van der Waals surface area contributed by atoms with Gasteiger partial charge in [0.1, 0.15) is 11.4 Å². The molecule has 0 aliphatic carbocycles. The summed E-state index contributed by atoms with van der Waals surface area (Å²) in [6.07, 6.45) is 8.32. The van der Waals surface area contributed by atoms with Crippen molar-refractivity contribution < 1.29 is 19.4 Å². The number of rotatable bonds is 6. The number of ketones is 1. The van der Waals surface area contributed by atoms with E-state index in [1.54, 1.807) is 18.2 Å². The van der Waals surface area contributed by atoms with Gasteiger partial charge in [-0.1, -0.05) is 18.2 Å². The standard InChI is InChI=1S/C14H20O4/c1-5-8-11(18-14(2,3)4)9-6-7-10-12(15)13(16)17/h5-9H,10H2,1-4H3,(H,16,17)/b7-6+,8-5-,11-9+. The number of carboxylic acid groups (broad SMARTS) is 1. The van der Waals surface area contributed by atoms with E-state index in [9.17, 15) is 9.59 Å². The van der Waals surface area contributed by atoms with Crippen LogP contribution in [0.1, 0.15) is 34.1 Å². The highest BCUT2D eigenvalue weighted by atomic mass is 16.5. The lowest BCUT2D eigenvalue weighted by atomic mass is 10.2. The smallest absolute Gasteiger partial charge is 0.372 e. The van der Waals surface area contributed by atoms with Gasteiger partial charge in [-0.15, -0.1) is 0 Å². The van der Waals surface area contributed by atoms with Crippen LogP contribution < -0.4 is 0 Å². The number of carbonyl (C=O) groups excluding carboxylic acids is 1. The Hall–Kier alpha value is -1.84. The normalized spacial score (nSPS) is 13.2. The van der Waals surface area contributed by atoms with Crippen LogP contribution in [0.15, 0.2) is 36.1 Å². The van der Waals surface area contributed by atoms with E-state index in [1.807, 2.05) is 33.8 Å². The molecule has 1 N–H and O–H groups in total. The van der Waals surface area contributed by atoms with Gasteiger partial charge in [-0.3, -0.25) is 4.79 Å². The summed E-state index contributed by atoms with van der Waals surface area (Å²) in [4.78, 5) is 21.1. The van der Waals surface area contributed by atoms with Gasteiger partial charge in [0.25, 0.3) is 0 Å². The van der Waals surface area contributed by atoms with Gasteiger partial charge in [0.15, 0.2) is 0 Å². The lowest BCUT2D eigenvalue weighted by Gasteiger charge is -2.21. The van der Waals surface area contributed by atoms with Gasteiger partial charge in [-0.05, 0) is 39.8 Å². The van der Waals surface area contributed by atoms with Crippen LogP contribution in [0.2, 0.25) is 0 Å². The summed E-state index contributed by atoms with van der Waals surface area (Å²) < 4.78 is 5.65. The van der Waals surface area contributed by atoms with Gasteiger partial charge in [0.05, 0.1) is 0 Å². The quantitative estimate of drug-likeness (QED) is 0.448. The third-order valence-electron chi connectivity index (χ3n) is 1.69.